The molecule has 2 aromatic rings. The lowest BCUT2D eigenvalue weighted by Crippen LogP contribution is -2.52. The van der Waals surface area contributed by atoms with Crippen LogP contribution in [0.2, 0.25) is 10.0 Å². The number of urea groups is 1. The van der Waals surface area contributed by atoms with Crippen molar-refractivity contribution in [3.05, 3.63) is 38.9 Å². The summed E-state index contributed by atoms with van der Waals surface area (Å²) in [6, 6.07) is 5.12. The Kier molecular flexibility index (Phi) is 7.93. The number of ether oxygens (including phenoxy) is 1. The van der Waals surface area contributed by atoms with Crippen molar-refractivity contribution < 1.29 is 17.9 Å². The smallest absolute Gasteiger partial charge is 0.331 e. The van der Waals surface area contributed by atoms with E-state index in [1.54, 1.807) is 30.9 Å². The Morgan fingerprint density at radius 3 is 2.35 bits per heavy atom. The third kappa shape index (κ3) is 5.96. The van der Waals surface area contributed by atoms with Gasteiger partial charge in [-0.3, -0.25) is 4.90 Å². The Bertz CT molecular complexity index is 1140. The molecule has 12 heteroatoms. The highest BCUT2D eigenvalue weighted by Crippen LogP contribution is 2.29. The molecule has 0 unspecified atom stereocenters. The fraction of sp³-hybridized carbons (Fsp3) is 0.545. The Labute approximate surface area is 214 Å². The van der Waals surface area contributed by atoms with Gasteiger partial charge in [-0.2, -0.15) is 0 Å². The molecule has 8 nitrogen and oxygen atoms in total. The van der Waals surface area contributed by atoms with Crippen molar-refractivity contribution in [2.24, 2.45) is 0 Å². The molecule has 3 heterocycles. The van der Waals surface area contributed by atoms with E-state index in [4.69, 9.17) is 27.9 Å². The number of rotatable bonds is 5. The van der Waals surface area contributed by atoms with Crippen LogP contribution in [0.15, 0.2) is 22.4 Å². The van der Waals surface area contributed by atoms with Gasteiger partial charge in [0.05, 0.1) is 20.7 Å². The summed E-state index contributed by atoms with van der Waals surface area (Å²) in [5, 5.41) is 1.64. The SMILES string of the molecule is Cc1nc(C)c(S(=O)(=O)NC(=O)N2CCC(N3CCC(Oc4ccc(Cl)c(Cl)c4)CC3)CC2)s1. The maximum absolute atomic E-state index is 12.6. The van der Waals surface area contributed by atoms with Crippen molar-refractivity contribution in [2.75, 3.05) is 26.2 Å². The van der Waals surface area contributed by atoms with Gasteiger partial charge in [0.15, 0.2) is 4.21 Å². The number of carbonyl (C=O) groups excluding carboxylic acids is 1. The number of benzene rings is 1. The van der Waals surface area contributed by atoms with Crippen LogP contribution < -0.4 is 9.46 Å². The predicted molar refractivity (Wildman–Crippen MR) is 134 cm³/mol. The highest BCUT2D eigenvalue weighted by atomic mass is 35.5. The van der Waals surface area contributed by atoms with Crippen molar-refractivity contribution in [3.63, 3.8) is 0 Å². The number of aryl methyl sites for hydroxylation is 2. The standard InChI is InChI=1S/C22H28Cl2N4O4S2/c1-14-21(33-15(2)25-14)34(30,31)26-22(29)28-9-5-16(6-10-28)27-11-7-17(8-12-27)32-18-3-4-19(23)20(24)13-18/h3-4,13,16-17H,5-12H2,1-2H3,(H,26,29). The van der Waals surface area contributed by atoms with Gasteiger partial charge in [0.2, 0.25) is 0 Å². The molecular weight excluding hydrogens is 519 g/mol. The van der Waals surface area contributed by atoms with Gasteiger partial charge in [-0.05, 0) is 51.7 Å². The number of sulfonamides is 1. The number of thiazole rings is 1. The summed E-state index contributed by atoms with van der Waals surface area (Å²) in [6.07, 6.45) is 3.57. The number of piperidine rings is 2. The highest BCUT2D eigenvalue weighted by molar-refractivity contribution is 7.92. The normalized spacial score (nSPS) is 18.8. The molecule has 0 saturated carbocycles. The monoisotopic (exact) mass is 546 g/mol. The van der Waals surface area contributed by atoms with Gasteiger partial charge >= 0.3 is 6.03 Å². The third-order valence-electron chi connectivity index (χ3n) is 6.27. The molecule has 1 N–H and O–H groups in total. The quantitative estimate of drug-likeness (QED) is 0.594. The summed E-state index contributed by atoms with van der Waals surface area (Å²) >= 11 is 13.1. The highest BCUT2D eigenvalue weighted by Gasteiger charge is 2.32. The minimum atomic E-state index is -3.91. The van der Waals surface area contributed by atoms with Crippen LogP contribution in [0.1, 0.15) is 36.4 Å². The molecule has 2 aliphatic rings. The van der Waals surface area contributed by atoms with Gasteiger partial charge in [0.25, 0.3) is 10.0 Å². The summed E-state index contributed by atoms with van der Waals surface area (Å²) < 4.78 is 33.6. The number of halogens is 2. The summed E-state index contributed by atoms with van der Waals surface area (Å²) in [4.78, 5) is 20.8. The first-order valence-corrected chi connectivity index (χ1v) is 14.3. The van der Waals surface area contributed by atoms with Crippen LogP contribution in [0.25, 0.3) is 0 Å². The van der Waals surface area contributed by atoms with Crippen molar-refractivity contribution in [1.82, 2.24) is 19.5 Å². The molecule has 1 aromatic heterocycles. The predicted octanol–water partition coefficient (Wildman–Crippen LogP) is 4.47. The zero-order chi connectivity index (χ0) is 24.5. The Balaban J connectivity index is 1.23. The van der Waals surface area contributed by atoms with Crippen molar-refractivity contribution in [2.45, 2.75) is 55.9 Å². The summed E-state index contributed by atoms with van der Waals surface area (Å²) in [5.74, 6) is 0.728. The van der Waals surface area contributed by atoms with E-state index in [9.17, 15) is 13.2 Å². The molecule has 0 spiro atoms. The zero-order valence-electron chi connectivity index (χ0n) is 19.1. The molecule has 2 saturated heterocycles. The molecule has 4 rings (SSSR count). The first kappa shape index (κ1) is 25.5. The van der Waals surface area contributed by atoms with E-state index >= 15 is 0 Å². The molecule has 2 amide bonds. The van der Waals surface area contributed by atoms with Gasteiger partial charge in [-0.25, -0.2) is 22.9 Å². The van der Waals surface area contributed by atoms with E-state index in [2.05, 4.69) is 14.6 Å². The molecule has 0 bridgehead atoms. The number of carbonyl (C=O) groups is 1. The summed E-state index contributed by atoms with van der Waals surface area (Å²) in [5.41, 5.74) is 0.410. The van der Waals surface area contributed by atoms with Gasteiger partial charge in [-0.15, -0.1) is 11.3 Å². The Hall–Kier alpha value is -1.59. The van der Waals surface area contributed by atoms with Crippen LogP contribution in [-0.2, 0) is 10.0 Å². The van der Waals surface area contributed by atoms with Crippen LogP contribution in [0.4, 0.5) is 4.79 Å². The Morgan fingerprint density at radius 2 is 1.76 bits per heavy atom. The average Bonchev–Trinajstić information content (AvgIpc) is 3.15. The number of amides is 2. The number of hydrogen-bond acceptors (Lipinski definition) is 7. The van der Waals surface area contributed by atoms with E-state index in [1.807, 2.05) is 6.07 Å². The topological polar surface area (TPSA) is 91.8 Å². The van der Waals surface area contributed by atoms with E-state index in [0.29, 0.717) is 39.9 Å². The summed E-state index contributed by atoms with van der Waals surface area (Å²) in [7, 11) is -3.91. The largest absolute Gasteiger partial charge is 0.490 e. The lowest BCUT2D eigenvalue weighted by Gasteiger charge is -2.41. The van der Waals surface area contributed by atoms with E-state index in [1.165, 1.54) is 0 Å². The third-order valence-corrected chi connectivity index (χ3v) is 10.0. The Morgan fingerprint density at radius 1 is 1.09 bits per heavy atom. The first-order valence-electron chi connectivity index (χ1n) is 11.2. The molecule has 186 valence electrons. The van der Waals surface area contributed by atoms with Gasteiger partial charge < -0.3 is 9.64 Å². The molecule has 34 heavy (non-hydrogen) atoms. The van der Waals surface area contributed by atoms with Gasteiger partial charge in [-0.1, -0.05) is 23.2 Å². The molecule has 0 atom stereocenters. The maximum atomic E-state index is 12.6. The van der Waals surface area contributed by atoms with Crippen LogP contribution >= 0.6 is 34.5 Å². The van der Waals surface area contributed by atoms with Gasteiger partial charge in [0.1, 0.15) is 11.9 Å². The van der Waals surface area contributed by atoms with E-state index in [0.717, 1.165) is 55.9 Å². The molecule has 0 aliphatic carbocycles. The lowest BCUT2D eigenvalue weighted by atomic mass is 9.99. The zero-order valence-corrected chi connectivity index (χ0v) is 22.2. The first-order chi connectivity index (χ1) is 16.1. The van der Waals surface area contributed by atoms with Crippen LogP contribution in [0.3, 0.4) is 0 Å². The molecule has 0 radical (unpaired) electrons. The van der Waals surface area contributed by atoms with Crippen molar-refractivity contribution >= 4 is 50.6 Å². The minimum absolute atomic E-state index is 0.0965. The number of aromatic nitrogens is 1. The van der Waals surface area contributed by atoms with Crippen LogP contribution in [0, 0.1) is 13.8 Å². The second-order valence-electron chi connectivity index (χ2n) is 8.66. The molecular formula is C22H28Cl2N4O4S2. The maximum Gasteiger partial charge on any atom is 0.331 e. The number of nitrogens with zero attached hydrogens (tertiary/aromatic N) is 3. The van der Waals surface area contributed by atoms with Crippen molar-refractivity contribution in [3.8, 4) is 5.75 Å². The van der Waals surface area contributed by atoms with E-state index in [-0.39, 0.29) is 10.3 Å². The van der Waals surface area contributed by atoms with E-state index < -0.39 is 16.1 Å². The fourth-order valence-corrected chi connectivity index (χ4v) is 7.27. The number of likely N-dealkylation sites (tertiary alicyclic amines) is 2. The number of hydrogen-bond donors (Lipinski definition) is 1. The second kappa shape index (κ2) is 10.6. The fourth-order valence-electron chi connectivity index (χ4n) is 4.52. The summed E-state index contributed by atoms with van der Waals surface area (Å²) in [6.45, 7) is 6.25. The van der Waals surface area contributed by atoms with Crippen LogP contribution in [-0.4, -0.2) is 67.6 Å². The average molecular weight is 548 g/mol. The second-order valence-corrected chi connectivity index (χ2v) is 12.6. The molecule has 2 aliphatic heterocycles. The lowest BCUT2D eigenvalue weighted by molar-refractivity contribution is 0.0540. The minimum Gasteiger partial charge on any atom is -0.490 e. The van der Waals surface area contributed by atoms with Crippen molar-refractivity contribution in [1.29, 1.82) is 0 Å². The van der Waals surface area contributed by atoms with Crippen LogP contribution in [0.5, 0.6) is 5.75 Å². The van der Waals surface area contributed by atoms with Gasteiger partial charge in [0, 0.05) is 38.3 Å². The molecule has 2 fully saturated rings. The number of nitrogens with one attached hydrogen (secondary N) is 1. The molecule has 1 aromatic carbocycles.